The van der Waals surface area contributed by atoms with Crippen LogP contribution in [0.3, 0.4) is 0 Å². The number of anilines is 1. The average Bonchev–Trinajstić information content (AvgIpc) is 2.04. The van der Waals surface area contributed by atoms with Crippen molar-refractivity contribution in [1.29, 1.82) is 0 Å². The van der Waals surface area contributed by atoms with Crippen LogP contribution in [0.5, 0.6) is 0 Å². The summed E-state index contributed by atoms with van der Waals surface area (Å²) >= 11 is 0. The van der Waals surface area contributed by atoms with E-state index in [0.717, 1.165) is 5.69 Å². The zero-order valence-corrected chi connectivity index (χ0v) is 8.01. The van der Waals surface area contributed by atoms with Gasteiger partial charge in [-0.25, -0.2) is 8.78 Å². The molecule has 3 heteroatoms. The number of aryl methyl sites for hydroxylation is 1. The standard InChI is InChI=1S/C10H13F2N/c1-7-4-5-8(13(2)3)6-9(7)10(11)12/h4-6,10H,1-3H3. The molecule has 0 amide bonds. The Kier molecular flexibility index (Phi) is 2.86. The summed E-state index contributed by atoms with van der Waals surface area (Å²) in [6.45, 7) is 1.70. The average molecular weight is 185 g/mol. The van der Waals surface area contributed by atoms with Crippen LogP contribution in [0.25, 0.3) is 0 Å². The van der Waals surface area contributed by atoms with Crippen molar-refractivity contribution in [2.24, 2.45) is 0 Å². The highest BCUT2D eigenvalue weighted by atomic mass is 19.3. The summed E-state index contributed by atoms with van der Waals surface area (Å²) in [5.74, 6) is 0. The largest absolute Gasteiger partial charge is 0.378 e. The maximum absolute atomic E-state index is 12.5. The molecule has 0 aliphatic rings. The fourth-order valence-electron chi connectivity index (χ4n) is 1.14. The molecule has 0 saturated carbocycles. The molecule has 0 saturated heterocycles. The normalized spacial score (nSPS) is 10.6. The molecule has 0 heterocycles. The number of hydrogen-bond donors (Lipinski definition) is 0. The Morgan fingerprint density at radius 1 is 1.23 bits per heavy atom. The van der Waals surface area contributed by atoms with Gasteiger partial charge in [-0.3, -0.25) is 0 Å². The summed E-state index contributed by atoms with van der Waals surface area (Å²) in [7, 11) is 3.67. The first kappa shape index (κ1) is 9.96. The number of nitrogens with zero attached hydrogens (tertiary/aromatic N) is 1. The van der Waals surface area contributed by atoms with E-state index in [1.165, 1.54) is 6.07 Å². The van der Waals surface area contributed by atoms with Crippen molar-refractivity contribution < 1.29 is 8.78 Å². The third-order valence-electron chi connectivity index (χ3n) is 2.01. The van der Waals surface area contributed by atoms with Gasteiger partial charge in [-0.2, -0.15) is 0 Å². The molecular weight excluding hydrogens is 172 g/mol. The second kappa shape index (κ2) is 3.73. The third kappa shape index (κ3) is 2.17. The molecule has 0 radical (unpaired) electrons. The topological polar surface area (TPSA) is 3.24 Å². The van der Waals surface area contributed by atoms with Crippen molar-refractivity contribution in [1.82, 2.24) is 0 Å². The van der Waals surface area contributed by atoms with E-state index in [1.807, 2.05) is 25.1 Å². The van der Waals surface area contributed by atoms with Crippen LogP contribution in [0, 0.1) is 6.92 Å². The molecule has 1 rings (SSSR count). The van der Waals surface area contributed by atoms with Crippen LogP contribution < -0.4 is 4.90 Å². The van der Waals surface area contributed by atoms with Crippen LogP contribution in [0.15, 0.2) is 18.2 Å². The highest BCUT2D eigenvalue weighted by Gasteiger charge is 2.11. The van der Waals surface area contributed by atoms with Crippen molar-refractivity contribution >= 4 is 5.69 Å². The SMILES string of the molecule is Cc1ccc(N(C)C)cc1C(F)F. The van der Waals surface area contributed by atoms with Crippen LogP contribution in [0.2, 0.25) is 0 Å². The van der Waals surface area contributed by atoms with Crippen molar-refractivity contribution in [2.75, 3.05) is 19.0 Å². The van der Waals surface area contributed by atoms with Crippen LogP contribution in [0.4, 0.5) is 14.5 Å². The Labute approximate surface area is 77.0 Å². The van der Waals surface area contributed by atoms with Crippen LogP contribution in [0.1, 0.15) is 17.6 Å². The Bertz CT molecular complexity index is 295. The molecule has 0 bridgehead atoms. The van der Waals surface area contributed by atoms with Crippen molar-refractivity contribution in [3.05, 3.63) is 29.3 Å². The molecule has 1 nitrogen and oxygen atoms in total. The summed E-state index contributed by atoms with van der Waals surface area (Å²) in [6, 6.07) is 5.08. The Morgan fingerprint density at radius 2 is 1.85 bits per heavy atom. The van der Waals surface area contributed by atoms with E-state index < -0.39 is 6.43 Å². The van der Waals surface area contributed by atoms with E-state index in [9.17, 15) is 8.78 Å². The van der Waals surface area contributed by atoms with Gasteiger partial charge >= 0.3 is 0 Å². The van der Waals surface area contributed by atoms with E-state index in [2.05, 4.69) is 0 Å². The van der Waals surface area contributed by atoms with E-state index in [0.29, 0.717) is 5.56 Å². The monoisotopic (exact) mass is 185 g/mol. The molecule has 0 fully saturated rings. The van der Waals surface area contributed by atoms with Crippen LogP contribution >= 0.6 is 0 Å². The Hall–Kier alpha value is -1.12. The molecule has 13 heavy (non-hydrogen) atoms. The van der Waals surface area contributed by atoms with E-state index in [-0.39, 0.29) is 5.56 Å². The minimum Gasteiger partial charge on any atom is -0.378 e. The van der Waals surface area contributed by atoms with Gasteiger partial charge in [-0.15, -0.1) is 0 Å². The van der Waals surface area contributed by atoms with Gasteiger partial charge in [0, 0.05) is 25.3 Å². The maximum atomic E-state index is 12.5. The molecule has 1 aromatic rings. The minimum atomic E-state index is -2.39. The van der Waals surface area contributed by atoms with Crippen molar-refractivity contribution in [3.63, 3.8) is 0 Å². The summed E-state index contributed by atoms with van der Waals surface area (Å²) in [5.41, 5.74) is 1.56. The summed E-state index contributed by atoms with van der Waals surface area (Å²) in [5, 5.41) is 0. The lowest BCUT2D eigenvalue weighted by Crippen LogP contribution is -2.09. The maximum Gasteiger partial charge on any atom is 0.264 e. The highest BCUT2D eigenvalue weighted by Crippen LogP contribution is 2.26. The molecule has 0 N–H and O–H groups in total. The quantitative estimate of drug-likeness (QED) is 0.684. The molecule has 1 aromatic carbocycles. The predicted molar refractivity (Wildman–Crippen MR) is 50.5 cm³/mol. The van der Waals surface area contributed by atoms with Crippen LogP contribution in [-0.2, 0) is 0 Å². The number of alkyl halides is 2. The van der Waals surface area contributed by atoms with Crippen LogP contribution in [-0.4, -0.2) is 14.1 Å². The van der Waals surface area contributed by atoms with Gasteiger partial charge < -0.3 is 4.90 Å². The van der Waals surface area contributed by atoms with Crippen molar-refractivity contribution in [2.45, 2.75) is 13.3 Å². The number of rotatable bonds is 2. The van der Waals surface area contributed by atoms with Gasteiger partial charge in [0.15, 0.2) is 0 Å². The molecule has 0 spiro atoms. The molecule has 0 aliphatic carbocycles. The second-order valence-electron chi connectivity index (χ2n) is 3.24. The summed E-state index contributed by atoms with van der Waals surface area (Å²) in [6.07, 6.45) is -2.39. The molecular formula is C10H13F2N. The fourth-order valence-corrected chi connectivity index (χ4v) is 1.14. The molecule has 0 aromatic heterocycles. The first-order valence-corrected chi connectivity index (χ1v) is 4.08. The van der Waals surface area contributed by atoms with E-state index in [4.69, 9.17) is 0 Å². The number of hydrogen-bond acceptors (Lipinski definition) is 1. The molecule has 0 unspecified atom stereocenters. The molecule has 0 aliphatic heterocycles. The van der Waals surface area contributed by atoms with Gasteiger partial charge in [0.05, 0.1) is 0 Å². The zero-order chi connectivity index (χ0) is 10.0. The fraction of sp³-hybridized carbons (Fsp3) is 0.400. The summed E-state index contributed by atoms with van der Waals surface area (Å²) in [4.78, 5) is 1.81. The Morgan fingerprint density at radius 3 is 2.31 bits per heavy atom. The number of halogens is 2. The number of benzene rings is 1. The van der Waals surface area contributed by atoms with Gasteiger partial charge in [0.2, 0.25) is 0 Å². The van der Waals surface area contributed by atoms with E-state index >= 15 is 0 Å². The lowest BCUT2D eigenvalue weighted by Gasteiger charge is -2.14. The van der Waals surface area contributed by atoms with Crippen molar-refractivity contribution in [3.8, 4) is 0 Å². The van der Waals surface area contributed by atoms with Gasteiger partial charge in [-0.05, 0) is 24.6 Å². The zero-order valence-electron chi connectivity index (χ0n) is 8.01. The lowest BCUT2D eigenvalue weighted by molar-refractivity contribution is 0.150. The smallest absolute Gasteiger partial charge is 0.264 e. The van der Waals surface area contributed by atoms with Gasteiger partial charge in [0.1, 0.15) is 0 Å². The third-order valence-corrected chi connectivity index (χ3v) is 2.01. The second-order valence-corrected chi connectivity index (χ2v) is 3.24. The Balaban J connectivity index is 3.11. The van der Waals surface area contributed by atoms with Gasteiger partial charge in [-0.1, -0.05) is 6.07 Å². The molecule has 72 valence electrons. The highest BCUT2D eigenvalue weighted by molar-refractivity contribution is 5.50. The first-order chi connectivity index (χ1) is 6.02. The predicted octanol–water partition coefficient (Wildman–Crippen LogP) is 3.00. The lowest BCUT2D eigenvalue weighted by atomic mass is 10.1. The van der Waals surface area contributed by atoms with E-state index in [1.54, 1.807) is 13.0 Å². The van der Waals surface area contributed by atoms with Gasteiger partial charge in [0.25, 0.3) is 6.43 Å². The molecule has 0 atom stereocenters. The summed E-state index contributed by atoms with van der Waals surface area (Å²) < 4.78 is 24.9. The first-order valence-electron chi connectivity index (χ1n) is 4.08. The minimum absolute atomic E-state index is 0.117.